The summed E-state index contributed by atoms with van der Waals surface area (Å²) in [7, 11) is 2.65. The normalized spacial score (nSPS) is 12.7. The maximum atomic E-state index is 12.1. The van der Waals surface area contributed by atoms with Crippen LogP contribution in [0.5, 0.6) is 5.75 Å². The van der Waals surface area contributed by atoms with Crippen molar-refractivity contribution in [3.63, 3.8) is 0 Å². The fourth-order valence-electron chi connectivity index (χ4n) is 2.06. The van der Waals surface area contributed by atoms with E-state index in [2.05, 4.69) is 10.1 Å². The molecule has 0 heterocycles. The number of nitrogens with one attached hydrogen (secondary N) is 1. The minimum Gasteiger partial charge on any atom is -0.496 e. The lowest BCUT2D eigenvalue weighted by molar-refractivity contribution is -0.147. The Labute approximate surface area is 151 Å². The predicted molar refractivity (Wildman–Crippen MR) is 91.7 cm³/mol. The van der Waals surface area contributed by atoms with Crippen molar-refractivity contribution in [1.82, 2.24) is 5.32 Å². The molecule has 0 saturated carbocycles. The highest BCUT2D eigenvalue weighted by atomic mass is 35.5. The van der Waals surface area contributed by atoms with Gasteiger partial charge in [-0.2, -0.15) is 0 Å². The van der Waals surface area contributed by atoms with Gasteiger partial charge in [0.2, 0.25) is 0 Å². The molecule has 7 nitrogen and oxygen atoms in total. The van der Waals surface area contributed by atoms with Crippen LogP contribution in [0.3, 0.4) is 0 Å². The summed E-state index contributed by atoms with van der Waals surface area (Å²) in [5.74, 6) is -1.76. The molecule has 0 bridgehead atoms. The maximum absolute atomic E-state index is 12.1. The summed E-state index contributed by atoms with van der Waals surface area (Å²) >= 11 is 5.86. The molecule has 1 rings (SSSR count). The number of methoxy groups -OCH3 is 2. The van der Waals surface area contributed by atoms with Crippen molar-refractivity contribution in [3.05, 3.63) is 28.8 Å². The van der Waals surface area contributed by atoms with E-state index in [-0.39, 0.29) is 17.2 Å². The Morgan fingerprint density at radius 2 is 1.92 bits per heavy atom. The second kappa shape index (κ2) is 9.88. The third-order valence-corrected chi connectivity index (χ3v) is 3.94. The largest absolute Gasteiger partial charge is 0.496 e. The Kier molecular flexibility index (Phi) is 8.21. The highest BCUT2D eigenvalue weighted by Gasteiger charge is 2.27. The topological polar surface area (TPSA) is 90.9 Å². The van der Waals surface area contributed by atoms with E-state index >= 15 is 0 Å². The van der Waals surface area contributed by atoms with E-state index in [1.54, 1.807) is 6.07 Å². The maximum Gasteiger partial charge on any atom is 0.342 e. The van der Waals surface area contributed by atoms with Gasteiger partial charge in [0.25, 0.3) is 5.91 Å². The van der Waals surface area contributed by atoms with Crippen molar-refractivity contribution in [1.29, 1.82) is 0 Å². The fourth-order valence-corrected chi connectivity index (χ4v) is 2.23. The van der Waals surface area contributed by atoms with Crippen LogP contribution in [-0.4, -0.2) is 44.7 Å². The van der Waals surface area contributed by atoms with E-state index in [0.29, 0.717) is 11.4 Å². The summed E-state index contributed by atoms with van der Waals surface area (Å²) in [5.41, 5.74) is 0.106. The molecule has 1 aromatic carbocycles. The smallest absolute Gasteiger partial charge is 0.342 e. The number of amides is 1. The average molecular weight is 372 g/mol. The first-order valence-electron chi connectivity index (χ1n) is 7.71. The molecule has 25 heavy (non-hydrogen) atoms. The second-order valence-corrected chi connectivity index (χ2v) is 5.81. The van der Waals surface area contributed by atoms with Gasteiger partial charge in [-0.1, -0.05) is 31.9 Å². The van der Waals surface area contributed by atoms with E-state index < -0.39 is 30.5 Å². The molecule has 1 amide bonds. The van der Waals surface area contributed by atoms with Crippen LogP contribution < -0.4 is 10.1 Å². The molecule has 0 aliphatic heterocycles. The predicted octanol–water partition coefficient (Wildman–Crippen LogP) is 2.21. The minimum absolute atomic E-state index is 0.106. The highest BCUT2D eigenvalue weighted by molar-refractivity contribution is 6.31. The Hall–Kier alpha value is -2.28. The summed E-state index contributed by atoms with van der Waals surface area (Å²) in [5, 5.41) is 2.85. The standard InChI is InChI=1S/C17H22ClNO6/c1-5-10(2)15(17(22)24-4)19-14(20)9-25-16(21)12-8-11(18)6-7-13(12)23-3/h6-8,10,15H,5,9H2,1-4H3,(H,19,20)/t10-,15+/m1/s1. The molecule has 0 fully saturated rings. The van der Waals surface area contributed by atoms with E-state index in [1.807, 2.05) is 13.8 Å². The molecule has 0 unspecified atom stereocenters. The lowest BCUT2D eigenvalue weighted by Gasteiger charge is -2.21. The van der Waals surface area contributed by atoms with E-state index in [4.69, 9.17) is 21.1 Å². The Morgan fingerprint density at radius 1 is 1.24 bits per heavy atom. The van der Waals surface area contributed by atoms with Gasteiger partial charge in [0.15, 0.2) is 6.61 Å². The first kappa shape index (κ1) is 20.8. The van der Waals surface area contributed by atoms with Crippen LogP contribution in [0, 0.1) is 5.92 Å². The van der Waals surface area contributed by atoms with Gasteiger partial charge in [-0.05, 0) is 24.1 Å². The minimum atomic E-state index is -0.804. The molecule has 0 aliphatic carbocycles. The molecule has 0 saturated heterocycles. The van der Waals surface area contributed by atoms with Gasteiger partial charge in [-0.25, -0.2) is 9.59 Å². The van der Waals surface area contributed by atoms with Crippen LogP contribution >= 0.6 is 11.6 Å². The number of hydrogen-bond donors (Lipinski definition) is 1. The number of carbonyl (C=O) groups is 3. The van der Waals surface area contributed by atoms with Crippen LogP contribution in [0.4, 0.5) is 0 Å². The van der Waals surface area contributed by atoms with Crippen LogP contribution in [0.15, 0.2) is 18.2 Å². The van der Waals surface area contributed by atoms with Crippen LogP contribution in [0.25, 0.3) is 0 Å². The number of benzene rings is 1. The van der Waals surface area contributed by atoms with Gasteiger partial charge in [0, 0.05) is 5.02 Å². The van der Waals surface area contributed by atoms with E-state index in [1.165, 1.54) is 26.4 Å². The Balaban J connectivity index is 2.70. The first-order valence-corrected chi connectivity index (χ1v) is 8.09. The van der Waals surface area contributed by atoms with Gasteiger partial charge >= 0.3 is 11.9 Å². The molecule has 138 valence electrons. The monoisotopic (exact) mass is 371 g/mol. The molecule has 2 atom stereocenters. The summed E-state index contributed by atoms with van der Waals surface area (Å²) in [6.07, 6.45) is 0.666. The summed E-state index contributed by atoms with van der Waals surface area (Å²) in [4.78, 5) is 35.9. The van der Waals surface area contributed by atoms with Gasteiger partial charge in [-0.3, -0.25) is 4.79 Å². The molecule has 0 spiro atoms. The van der Waals surface area contributed by atoms with Crippen LogP contribution in [-0.2, 0) is 19.1 Å². The molecular formula is C17H22ClNO6. The van der Waals surface area contributed by atoms with Crippen LogP contribution in [0.2, 0.25) is 5.02 Å². The number of halogens is 1. The van der Waals surface area contributed by atoms with Gasteiger partial charge in [-0.15, -0.1) is 0 Å². The zero-order valence-electron chi connectivity index (χ0n) is 14.6. The number of esters is 2. The quantitative estimate of drug-likeness (QED) is 0.704. The summed E-state index contributed by atoms with van der Waals surface area (Å²) in [6.45, 7) is 3.15. The van der Waals surface area contributed by atoms with Crippen molar-refractivity contribution < 1.29 is 28.6 Å². The Bertz CT molecular complexity index is 634. The SMILES string of the molecule is CC[C@@H](C)[C@H](NC(=O)COC(=O)c1cc(Cl)ccc1OC)C(=O)OC. The van der Waals surface area contributed by atoms with E-state index in [0.717, 1.165) is 0 Å². The second-order valence-electron chi connectivity index (χ2n) is 5.37. The van der Waals surface area contributed by atoms with Crippen molar-refractivity contribution in [2.75, 3.05) is 20.8 Å². The number of ether oxygens (including phenoxy) is 3. The zero-order valence-corrected chi connectivity index (χ0v) is 15.4. The van der Waals surface area contributed by atoms with Crippen molar-refractivity contribution in [2.45, 2.75) is 26.3 Å². The average Bonchev–Trinajstić information content (AvgIpc) is 2.62. The molecule has 0 radical (unpaired) electrons. The van der Waals surface area contributed by atoms with E-state index in [9.17, 15) is 14.4 Å². The lowest BCUT2D eigenvalue weighted by atomic mass is 9.99. The molecule has 1 N–H and O–H groups in total. The van der Waals surface area contributed by atoms with Crippen molar-refractivity contribution >= 4 is 29.4 Å². The molecule has 0 aromatic heterocycles. The van der Waals surface area contributed by atoms with Crippen molar-refractivity contribution in [3.8, 4) is 5.75 Å². The number of carbonyl (C=O) groups excluding carboxylic acids is 3. The van der Waals surface area contributed by atoms with Gasteiger partial charge in [0.1, 0.15) is 17.4 Å². The number of rotatable bonds is 8. The molecule has 8 heteroatoms. The van der Waals surface area contributed by atoms with Gasteiger partial charge in [0.05, 0.1) is 14.2 Å². The van der Waals surface area contributed by atoms with Gasteiger partial charge < -0.3 is 19.5 Å². The summed E-state index contributed by atoms with van der Waals surface area (Å²) < 4.78 is 14.7. The highest BCUT2D eigenvalue weighted by Crippen LogP contribution is 2.23. The zero-order chi connectivity index (χ0) is 19.0. The Morgan fingerprint density at radius 3 is 2.48 bits per heavy atom. The first-order chi connectivity index (χ1) is 11.8. The third kappa shape index (κ3) is 5.94. The van der Waals surface area contributed by atoms with Crippen LogP contribution in [0.1, 0.15) is 30.6 Å². The molecule has 0 aliphatic rings. The third-order valence-electron chi connectivity index (χ3n) is 3.70. The lowest BCUT2D eigenvalue weighted by Crippen LogP contribution is -2.47. The van der Waals surface area contributed by atoms with Crippen molar-refractivity contribution in [2.24, 2.45) is 5.92 Å². The molecular weight excluding hydrogens is 350 g/mol. The number of hydrogen-bond acceptors (Lipinski definition) is 6. The fraction of sp³-hybridized carbons (Fsp3) is 0.471. The summed E-state index contributed by atoms with van der Waals surface area (Å²) in [6, 6.07) is 3.67. The molecule has 1 aromatic rings.